The number of carbonyl (C=O) groups is 1. The SMILES string of the molecule is CC(C)(CCO)CNc1nc2c(cc1C(=O)O)CCCC2. The predicted octanol–water partition coefficient (Wildman–Crippen LogP) is 2.48. The normalized spacial score (nSPS) is 14.6. The number of aromatic nitrogens is 1. The Bertz CT molecular complexity index is 526. The van der Waals surface area contributed by atoms with Crippen LogP contribution in [0.5, 0.6) is 0 Å². The molecule has 5 heteroatoms. The van der Waals surface area contributed by atoms with Gasteiger partial charge < -0.3 is 15.5 Å². The van der Waals surface area contributed by atoms with E-state index in [1.54, 1.807) is 6.07 Å². The van der Waals surface area contributed by atoms with Crippen LogP contribution in [0.3, 0.4) is 0 Å². The molecule has 0 aromatic carbocycles. The minimum atomic E-state index is -0.946. The van der Waals surface area contributed by atoms with Crippen LogP contribution in [0.2, 0.25) is 0 Å². The Balaban J connectivity index is 2.23. The van der Waals surface area contributed by atoms with Crippen molar-refractivity contribution in [3.05, 3.63) is 22.9 Å². The lowest BCUT2D eigenvalue weighted by atomic mass is 9.89. The molecule has 0 spiro atoms. The predicted molar refractivity (Wildman–Crippen MR) is 81.8 cm³/mol. The fraction of sp³-hybridized carbons (Fsp3) is 0.625. The molecular formula is C16H24N2O3. The molecule has 2 rings (SSSR count). The van der Waals surface area contributed by atoms with Crippen molar-refractivity contribution in [2.24, 2.45) is 5.41 Å². The average Bonchev–Trinajstić information content (AvgIpc) is 2.44. The Morgan fingerprint density at radius 3 is 2.76 bits per heavy atom. The number of hydrogen-bond acceptors (Lipinski definition) is 4. The summed E-state index contributed by atoms with van der Waals surface area (Å²) in [7, 11) is 0. The molecule has 1 aromatic heterocycles. The number of rotatable bonds is 6. The van der Waals surface area contributed by atoms with Crippen LogP contribution in [0.15, 0.2) is 6.07 Å². The summed E-state index contributed by atoms with van der Waals surface area (Å²) in [6, 6.07) is 1.77. The quantitative estimate of drug-likeness (QED) is 0.750. The minimum absolute atomic E-state index is 0.109. The molecular weight excluding hydrogens is 268 g/mol. The molecule has 3 N–H and O–H groups in total. The molecule has 116 valence electrons. The molecule has 0 atom stereocenters. The van der Waals surface area contributed by atoms with Crippen LogP contribution in [0.25, 0.3) is 0 Å². The summed E-state index contributed by atoms with van der Waals surface area (Å²) in [5.41, 5.74) is 2.23. The van der Waals surface area contributed by atoms with E-state index in [2.05, 4.69) is 10.3 Å². The Labute approximate surface area is 125 Å². The van der Waals surface area contributed by atoms with Crippen LogP contribution < -0.4 is 5.32 Å². The molecule has 0 radical (unpaired) electrons. The third-order valence-corrected chi connectivity index (χ3v) is 4.05. The highest BCUT2D eigenvalue weighted by atomic mass is 16.4. The first-order valence-electron chi connectivity index (χ1n) is 7.54. The van der Waals surface area contributed by atoms with Gasteiger partial charge in [0.25, 0.3) is 0 Å². The van der Waals surface area contributed by atoms with Gasteiger partial charge in [0.05, 0.1) is 0 Å². The van der Waals surface area contributed by atoms with E-state index in [-0.39, 0.29) is 17.6 Å². The zero-order valence-electron chi connectivity index (χ0n) is 12.8. The third-order valence-electron chi connectivity index (χ3n) is 4.05. The van der Waals surface area contributed by atoms with Gasteiger partial charge in [-0.1, -0.05) is 13.8 Å². The zero-order chi connectivity index (χ0) is 15.5. The maximum Gasteiger partial charge on any atom is 0.339 e. The fourth-order valence-corrected chi connectivity index (χ4v) is 2.65. The van der Waals surface area contributed by atoms with Gasteiger partial charge >= 0.3 is 5.97 Å². The summed E-state index contributed by atoms with van der Waals surface area (Å²) in [4.78, 5) is 16.0. The van der Waals surface area contributed by atoms with Crippen LogP contribution in [0.4, 0.5) is 5.82 Å². The molecule has 0 aliphatic heterocycles. The second kappa shape index (κ2) is 6.43. The van der Waals surface area contributed by atoms with Crippen molar-refractivity contribution in [3.63, 3.8) is 0 Å². The van der Waals surface area contributed by atoms with Gasteiger partial charge in [-0.2, -0.15) is 0 Å². The van der Waals surface area contributed by atoms with Crippen molar-refractivity contribution in [3.8, 4) is 0 Å². The van der Waals surface area contributed by atoms with Gasteiger partial charge in [-0.3, -0.25) is 0 Å². The topological polar surface area (TPSA) is 82.5 Å². The number of hydrogen-bond donors (Lipinski definition) is 3. The summed E-state index contributed by atoms with van der Waals surface area (Å²) in [5.74, 6) is -0.493. The lowest BCUT2D eigenvalue weighted by Crippen LogP contribution is -2.26. The monoisotopic (exact) mass is 292 g/mol. The van der Waals surface area contributed by atoms with Crippen molar-refractivity contribution in [2.45, 2.75) is 46.0 Å². The van der Waals surface area contributed by atoms with E-state index in [1.165, 1.54) is 0 Å². The standard InChI is InChI=1S/C16H24N2O3/c1-16(2,7-8-19)10-17-14-12(15(20)21)9-11-5-3-4-6-13(11)18-14/h9,19H,3-8,10H2,1-2H3,(H,17,18)(H,20,21). The minimum Gasteiger partial charge on any atom is -0.478 e. The van der Waals surface area contributed by atoms with E-state index in [1.807, 2.05) is 13.8 Å². The number of anilines is 1. The molecule has 0 bridgehead atoms. The number of nitrogens with zero attached hydrogens (tertiary/aromatic N) is 1. The Kier molecular flexibility index (Phi) is 4.83. The molecule has 21 heavy (non-hydrogen) atoms. The summed E-state index contributed by atoms with van der Waals surface area (Å²) >= 11 is 0. The van der Waals surface area contributed by atoms with Crippen molar-refractivity contribution in [2.75, 3.05) is 18.5 Å². The summed E-state index contributed by atoms with van der Waals surface area (Å²) in [6.07, 6.45) is 4.71. The highest BCUT2D eigenvalue weighted by Gasteiger charge is 2.22. The Morgan fingerprint density at radius 2 is 2.10 bits per heavy atom. The number of pyridine rings is 1. The van der Waals surface area contributed by atoms with Crippen molar-refractivity contribution in [1.29, 1.82) is 0 Å². The molecule has 1 heterocycles. The number of carboxylic acids is 1. The third kappa shape index (κ3) is 3.94. The molecule has 0 saturated heterocycles. The molecule has 0 fully saturated rings. The number of aromatic carboxylic acids is 1. The summed E-state index contributed by atoms with van der Waals surface area (Å²) in [6.45, 7) is 4.78. The average molecular weight is 292 g/mol. The molecule has 5 nitrogen and oxygen atoms in total. The number of aryl methyl sites for hydroxylation is 2. The van der Waals surface area contributed by atoms with Gasteiger partial charge in [-0.15, -0.1) is 0 Å². The number of aliphatic hydroxyl groups excluding tert-OH is 1. The molecule has 0 amide bonds. The maximum absolute atomic E-state index is 11.4. The highest BCUT2D eigenvalue weighted by molar-refractivity contribution is 5.93. The van der Waals surface area contributed by atoms with Gasteiger partial charge in [0.1, 0.15) is 11.4 Å². The highest BCUT2D eigenvalue weighted by Crippen LogP contribution is 2.26. The lowest BCUT2D eigenvalue weighted by molar-refractivity contribution is 0.0697. The van der Waals surface area contributed by atoms with E-state index < -0.39 is 5.97 Å². The van der Waals surface area contributed by atoms with Crippen LogP contribution in [0.1, 0.15) is 54.7 Å². The molecule has 1 aromatic rings. The zero-order valence-corrected chi connectivity index (χ0v) is 12.8. The van der Waals surface area contributed by atoms with Crippen molar-refractivity contribution in [1.82, 2.24) is 4.98 Å². The molecule has 0 saturated carbocycles. The molecule has 0 unspecified atom stereocenters. The van der Waals surface area contributed by atoms with Crippen LogP contribution in [-0.2, 0) is 12.8 Å². The van der Waals surface area contributed by atoms with Gasteiger partial charge in [0, 0.05) is 18.8 Å². The second-order valence-electron chi connectivity index (χ2n) is 6.49. The first kappa shape index (κ1) is 15.8. The van der Waals surface area contributed by atoms with Gasteiger partial charge in [-0.25, -0.2) is 9.78 Å². The van der Waals surface area contributed by atoms with Crippen molar-refractivity contribution < 1.29 is 15.0 Å². The van der Waals surface area contributed by atoms with Gasteiger partial charge in [-0.05, 0) is 49.1 Å². The number of aliphatic hydroxyl groups is 1. The maximum atomic E-state index is 11.4. The van der Waals surface area contributed by atoms with E-state index in [0.717, 1.165) is 36.9 Å². The van der Waals surface area contributed by atoms with E-state index in [0.29, 0.717) is 18.8 Å². The second-order valence-corrected chi connectivity index (χ2v) is 6.49. The van der Waals surface area contributed by atoms with E-state index in [9.17, 15) is 9.90 Å². The van der Waals surface area contributed by atoms with E-state index in [4.69, 9.17) is 5.11 Å². The van der Waals surface area contributed by atoms with Crippen molar-refractivity contribution >= 4 is 11.8 Å². The van der Waals surface area contributed by atoms with Gasteiger partial charge in [0.15, 0.2) is 0 Å². The Hall–Kier alpha value is -1.62. The largest absolute Gasteiger partial charge is 0.478 e. The number of fused-ring (bicyclic) bond motifs is 1. The number of carboxylic acid groups (broad SMARTS) is 1. The summed E-state index contributed by atoms with van der Waals surface area (Å²) in [5, 5.41) is 21.6. The molecule has 1 aliphatic rings. The molecule has 1 aliphatic carbocycles. The Morgan fingerprint density at radius 1 is 1.38 bits per heavy atom. The van der Waals surface area contributed by atoms with Crippen LogP contribution in [-0.4, -0.2) is 34.3 Å². The van der Waals surface area contributed by atoms with Crippen LogP contribution >= 0.6 is 0 Å². The lowest BCUT2D eigenvalue weighted by Gasteiger charge is -2.25. The first-order valence-corrected chi connectivity index (χ1v) is 7.54. The first-order chi connectivity index (χ1) is 9.93. The number of nitrogens with one attached hydrogen (secondary N) is 1. The summed E-state index contributed by atoms with van der Waals surface area (Å²) < 4.78 is 0. The van der Waals surface area contributed by atoms with E-state index >= 15 is 0 Å². The van der Waals surface area contributed by atoms with Gasteiger partial charge in [0.2, 0.25) is 0 Å². The fourth-order valence-electron chi connectivity index (χ4n) is 2.65. The van der Waals surface area contributed by atoms with Crippen LogP contribution in [0, 0.1) is 5.41 Å². The smallest absolute Gasteiger partial charge is 0.339 e.